The number of nitrogens with zero attached hydrogens (tertiary/aromatic N) is 3. The first-order chi connectivity index (χ1) is 13.2. The van der Waals surface area contributed by atoms with E-state index in [1.807, 2.05) is 0 Å². The highest BCUT2D eigenvalue weighted by atomic mass is 19.1. The van der Waals surface area contributed by atoms with Crippen LogP contribution in [0.2, 0.25) is 0 Å². The molecule has 0 saturated carbocycles. The van der Waals surface area contributed by atoms with Crippen molar-refractivity contribution in [3.63, 3.8) is 0 Å². The Hall–Kier alpha value is -2.58. The van der Waals surface area contributed by atoms with Crippen molar-refractivity contribution in [1.29, 1.82) is 0 Å². The maximum Gasteiger partial charge on any atom is 0.226 e. The summed E-state index contributed by atoms with van der Waals surface area (Å²) in [5.41, 5.74) is 7.08. The lowest BCUT2D eigenvalue weighted by Gasteiger charge is -2.33. The summed E-state index contributed by atoms with van der Waals surface area (Å²) in [6, 6.07) is 8.07. The highest BCUT2D eigenvalue weighted by Crippen LogP contribution is 2.26. The monoisotopic (exact) mass is 370 g/mol. The number of hydrogen-bond acceptors (Lipinski definition) is 6. The Balaban J connectivity index is 1.33. The Morgan fingerprint density at radius 1 is 1.15 bits per heavy atom. The average Bonchev–Trinajstić information content (AvgIpc) is 3.20. The van der Waals surface area contributed by atoms with E-state index in [9.17, 15) is 9.18 Å². The number of halogens is 1. The second-order valence-corrected chi connectivity index (χ2v) is 6.98. The van der Waals surface area contributed by atoms with Gasteiger partial charge in [0, 0.05) is 38.1 Å². The van der Waals surface area contributed by atoms with E-state index >= 15 is 0 Å². The number of piperidine rings is 1. The van der Waals surface area contributed by atoms with E-state index < -0.39 is 0 Å². The minimum absolute atomic E-state index is 0.0243. The first-order valence-corrected chi connectivity index (χ1v) is 9.27. The number of aromatic nitrogens is 2. The molecule has 2 saturated heterocycles. The third-order valence-electron chi connectivity index (χ3n) is 5.22. The highest BCUT2D eigenvalue weighted by molar-refractivity contribution is 5.80. The molecule has 2 unspecified atom stereocenters. The molecule has 3 N–H and O–H groups in total. The number of nitrogens with one attached hydrogen (secondary N) is 3. The van der Waals surface area contributed by atoms with Crippen LogP contribution in [0.25, 0.3) is 0 Å². The van der Waals surface area contributed by atoms with Crippen LogP contribution in [0.1, 0.15) is 24.4 Å². The van der Waals surface area contributed by atoms with E-state index in [1.54, 1.807) is 30.6 Å². The molecule has 142 valence electrons. The quantitative estimate of drug-likeness (QED) is 0.750. The number of rotatable bonds is 4. The predicted molar refractivity (Wildman–Crippen MR) is 99.2 cm³/mol. The van der Waals surface area contributed by atoms with Gasteiger partial charge in [-0.2, -0.15) is 0 Å². The van der Waals surface area contributed by atoms with Crippen LogP contribution in [-0.2, 0) is 4.79 Å². The van der Waals surface area contributed by atoms with E-state index in [2.05, 4.69) is 31.0 Å². The number of hydrogen-bond donors (Lipinski definition) is 3. The lowest BCUT2D eigenvalue weighted by molar-refractivity contribution is -0.125. The number of carbonyl (C=O) groups is 1. The van der Waals surface area contributed by atoms with Gasteiger partial charge in [-0.05, 0) is 36.6 Å². The van der Waals surface area contributed by atoms with Gasteiger partial charge in [0.25, 0.3) is 0 Å². The lowest BCUT2D eigenvalue weighted by Crippen LogP contribution is -2.47. The summed E-state index contributed by atoms with van der Waals surface area (Å²) in [5.74, 6) is 0.255. The first-order valence-electron chi connectivity index (χ1n) is 9.27. The summed E-state index contributed by atoms with van der Waals surface area (Å²) in [5, 5.41) is 3.18. The topological polar surface area (TPSA) is 82.2 Å². The fraction of sp³-hybridized carbons (Fsp3) is 0.421. The highest BCUT2D eigenvalue weighted by Gasteiger charge is 2.35. The van der Waals surface area contributed by atoms with E-state index in [4.69, 9.17) is 0 Å². The standard InChI is InChI=1S/C19H23FN6O/c20-14-4-2-13(3-5-14)17-16(12-23-25-17)18(27)24-15-6-10-26(11-7-15)19-21-8-1-9-22-19/h1-5,8-9,15-17,23,25H,6-7,10-12H2,(H,24,27). The lowest BCUT2D eigenvalue weighted by atomic mass is 9.93. The van der Waals surface area contributed by atoms with Crippen molar-refractivity contribution in [3.05, 3.63) is 54.1 Å². The summed E-state index contributed by atoms with van der Waals surface area (Å²) in [6.07, 6.45) is 5.20. The molecule has 3 heterocycles. The van der Waals surface area contributed by atoms with Crippen molar-refractivity contribution < 1.29 is 9.18 Å². The molecule has 4 rings (SSSR count). The zero-order valence-corrected chi connectivity index (χ0v) is 14.9. The molecule has 0 bridgehead atoms. The molecular formula is C19H23FN6O. The van der Waals surface area contributed by atoms with Crippen LogP contribution in [0.3, 0.4) is 0 Å². The van der Waals surface area contributed by atoms with Gasteiger partial charge in [0.05, 0.1) is 12.0 Å². The molecule has 1 amide bonds. The second kappa shape index (κ2) is 7.98. The second-order valence-electron chi connectivity index (χ2n) is 6.98. The molecule has 1 aromatic heterocycles. The third kappa shape index (κ3) is 4.06. The largest absolute Gasteiger partial charge is 0.353 e. The van der Waals surface area contributed by atoms with Crippen LogP contribution in [0.15, 0.2) is 42.7 Å². The van der Waals surface area contributed by atoms with Crippen LogP contribution in [0.5, 0.6) is 0 Å². The summed E-state index contributed by atoms with van der Waals surface area (Å²) in [4.78, 5) is 23.5. The van der Waals surface area contributed by atoms with E-state index in [0.29, 0.717) is 6.54 Å². The summed E-state index contributed by atoms with van der Waals surface area (Å²) in [7, 11) is 0. The maximum atomic E-state index is 13.2. The van der Waals surface area contributed by atoms with Crippen molar-refractivity contribution >= 4 is 11.9 Å². The number of amides is 1. The molecule has 2 aliphatic rings. The molecule has 1 aromatic carbocycles. The number of carbonyl (C=O) groups excluding carboxylic acids is 1. The Labute approximate surface area is 157 Å². The smallest absolute Gasteiger partial charge is 0.226 e. The van der Waals surface area contributed by atoms with Gasteiger partial charge in [-0.15, -0.1) is 0 Å². The van der Waals surface area contributed by atoms with Crippen LogP contribution < -0.4 is 21.1 Å². The van der Waals surface area contributed by atoms with Crippen LogP contribution >= 0.6 is 0 Å². The molecule has 0 spiro atoms. The SMILES string of the molecule is O=C(NC1CCN(c2ncccn2)CC1)C1CNNC1c1ccc(F)cc1. The maximum absolute atomic E-state index is 13.2. The van der Waals surface area contributed by atoms with Gasteiger partial charge in [-0.25, -0.2) is 19.8 Å². The minimum atomic E-state index is -0.278. The van der Waals surface area contributed by atoms with Crippen molar-refractivity contribution in [2.45, 2.75) is 24.9 Å². The molecule has 2 atom stereocenters. The molecule has 0 aliphatic carbocycles. The minimum Gasteiger partial charge on any atom is -0.353 e. The number of anilines is 1. The third-order valence-corrected chi connectivity index (χ3v) is 5.22. The van der Waals surface area contributed by atoms with Gasteiger partial charge in [0.1, 0.15) is 5.82 Å². The predicted octanol–water partition coefficient (Wildman–Crippen LogP) is 1.17. The molecule has 2 aliphatic heterocycles. The van der Waals surface area contributed by atoms with Gasteiger partial charge in [-0.3, -0.25) is 10.2 Å². The molecule has 2 aromatic rings. The summed E-state index contributed by atoms with van der Waals surface area (Å²) >= 11 is 0. The van der Waals surface area contributed by atoms with Crippen LogP contribution in [0.4, 0.5) is 10.3 Å². The Bertz CT molecular complexity index is 764. The molecule has 8 heteroatoms. The van der Waals surface area contributed by atoms with Gasteiger partial charge in [0.2, 0.25) is 11.9 Å². The molecule has 27 heavy (non-hydrogen) atoms. The zero-order chi connectivity index (χ0) is 18.6. The van der Waals surface area contributed by atoms with E-state index in [-0.39, 0.29) is 29.7 Å². The summed E-state index contributed by atoms with van der Waals surface area (Å²) in [6.45, 7) is 2.18. The average molecular weight is 370 g/mol. The Kier molecular flexibility index (Phi) is 5.26. The van der Waals surface area contributed by atoms with Gasteiger partial charge in [-0.1, -0.05) is 12.1 Å². The zero-order valence-electron chi connectivity index (χ0n) is 14.9. The van der Waals surface area contributed by atoms with Gasteiger partial charge < -0.3 is 10.2 Å². The Morgan fingerprint density at radius 2 is 1.85 bits per heavy atom. The molecule has 7 nitrogen and oxygen atoms in total. The van der Waals surface area contributed by atoms with Crippen molar-refractivity contribution in [3.8, 4) is 0 Å². The Morgan fingerprint density at radius 3 is 2.56 bits per heavy atom. The van der Waals surface area contributed by atoms with Crippen molar-refractivity contribution in [2.75, 3.05) is 24.5 Å². The number of benzene rings is 1. The van der Waals surface area contributed by atoms with Crippen LogP contribution in [0, 0.1) is 11.7 Å². The van der Waals surface area contributed by atoms with Gasteiger partial charge >= 0.3 is 0 Å². The first kappa shape index (κ1) is 17.8. The molecule has 0 radical (unpaired) electrons. The fourth-order valence-electron chi connectivity index (χ4n) is 3.71. The normalized spacial score (nSPS) is 23.4. The fourth-order valence-corrected chi connectivity index (χ4v) is 3.71. The van der Waals surface area contributed by atoms with Crippen molar-refractivity contribution in [2.24, 2.45) is 5.92 Å². The van der Waals surface area contributed by atoms with Crippen molar-refractivity contribution in [1.82, 2.24) is 26.1 Å². The summed E-state index contributed by atoms with van der Waals surface area (Å²) < 4.78 is 13.2. The van der Waals surface area contributed by atoms with Crippen LogP contribution in [-0.4, -0.2) is 41.6 Å². The van der Waals surface area contributed by atoms with E-state index in [1.165, 1.54) is 12.1 Å². The molecular weight excluding hydrogens is 347 g/mol. The van der Waals surface area contributed by atoms with Gasteiger partial charge in [0.15, 0.2) is 0 Å². The number of hydrazine groups is 1. The van der Waals surface area contributed by atoms with E-state index in [0.717, 1.165) is 37.4 Å². The molecule has 2 fully saturated rings.